The Hall–Kier alpha value is -4.26. The minimum Gasteiger partial charge on any atom is -0.507 e. The molecule has 1 N–H and O–H groups in total. The Morgan fingerprint density at radius 3 is 2.54 bits per heavy atom. The molecule has 6 rings (SSSR count). The molecule has 1 unspecified atom stereocenters. The number of Topliss-reactive ketones (excluding diaryl/α,β-unsaturated/α-hetero) is 1. The first kappa shape index (κ1) is 33.6. The monoisotopic (exact) mass is 707 g/mol. The summed E-state index contributed by atoms with van der Waals surface area (Å²) >= 11 is 8.67. The number of anilines is 1. The van der Waals surface area contributed by atoms with Crippen molar-refractivity contribution >= 4 is 57.3 Å². The predicted molar refractivity (Wildman–Crippen MR) is 186 cm³/mol. The third-order valence-electron chi connectivity index (χ3n) is 7.73. The Morgan fingerprint density at radius 1 is 0.979 bits per heavy atom. The fourth-order valence-electron chi connectivity index (χ4n) is 5.39. The van der Waals surface area contributed by atoms with E-state index in [0.29, 0.717) is 75.7 Å². The van der Waals surface area contributed by atoms with E-state index in [4.69, 9.17) is 30.5 Å². The van der Waals surface area contributed by atoms with Crippen molar-refractivity contribution < 1.29 is 33.6 Å². The van der Waals surface area contributed by atoms with E-state index in [0.717, 1.165) is 24.8 Å². The molecular weight excluding hydrogens is 674 g/mol. The molecule has 2 aliphatic heterocycles. The number of fused-ring (bicyclic) bond motifs is 1. The normalized spacial score (nSPS) is 16.7. The van der Waals surface area contributed by atoms with Crippen LogP contribution in [0.5, 0.6) is 23.0 Å². The van der Waals surface area contributed by atoms with Crippen molar-refractivity contribution in [2.24, 2.45) is 0 Å². The molecule has 1 atom stereocenters. The van der Waals surface area contributed by atoms with E-state index < -0.39 is 17.7 Å². The van der Waals surface area contributed by atoms with Gasteiger partial charge >= 0.3 is 5.91 Å². The van der Waals surface area contributed by atoms with E-state index in [9.17, 15) is 14.7 Å². The molecule has 1 fully saturated rings. The zero-order valence-electron chi connectivity index (χ0n) is 26.4. The molecule has 0 radical (unpaired) electrons. The summed E-state index contributed by atoms with van der Waals surface area (Å²) in [5.41, 5.74) is 1.78. The van der Waals surface area contributed by atoms with Gasteiger partial charge in [0.25, 0.3) is 5.78 Å². The van der Waals surface area contributed by atoms with Gasteiger partial charge in [-0.2, -0.15) is 0 Å². The molecule has 0 saturated carbocycles. The molecule has 0 aliphatic carbocycles. The van der Waals surface area contributed by atoms with Gasteiger partial charge < -0.3 is 24.1 Å². The lowest BCUT2D eigenvalue weighted by Gasteiger charge is -2.24. The summed E-state index contributed by atoms with van der Waals surface area (Å²) < 4.78 is 24.0. The smallest absolute Gasteiger partial charge is 0.301 e. The number of hydrogen-bond donors (Lipinski definition) is 1. The number of unbranched alkanes of at least 4 members (excludes halogenated alkanes) is 2. The molecule has 13 heteroatoms. The Labute approximate surface area is 291 Å². The van der Waals surface area contributed by atoms with Crippen LogP contribution in [-0.2, 0) is 15.3 Å². The molecule has 1 saturated heterocycles. The van der Waals surface area contributed by atoms with Crippen LogP contribution in [0.4, 0.5) is 5.13 Å². The first-order valence-electron chi connectivity index (χ1n) is 15.7. The molecule has 3 aromatic carbocycles. The first-order chi connectivity index (χ1) is 23.4. The van der Waals surface area contributed by atoms with Crippen LogP contribution in [0.1, 0.15) is 55.8 Å². The summed E-state index contributed by atoms with van der Waals surface area (Å²) in [4.78, 5) is 28.9. The first-order valence-corrected chi connectivity index (χ1v) is 17.9. The summed E-state index contributed by atoms with van der Waals surface area (Å²) in [7, 11) is 0. The van der Waals surface area contributed by atoms with Crippen LogP contribution in [0.3, 0.4) is 0 Å². The summed E-state index contributed by atoms with van der Waals surface area (Å²) in [5.74, 6) is 0.560. The van der Waals surface area contributed by atoms with Crippen molar-refractivity contribution in [3.8, 4) is 23.0 Å². The van der Waals surface area contributed by atoms with Gasteiger partial charge in [-0.1, -0.05) is 72.7 Å². The van der Waals surface area contributed by atoms with Gasteiger partial charge in [0, 0.05) is 16.3 Å². The highest BCUT2D eigenvalue weighted by Crippen LogP contribution is 2.46. The number of hydrogen-bond acceptors (Lipinski definition) is 11. The molecule has 3 heterocycles. The van der Waals surface area contributed by atoms with E-state index in [1.165, 1.54) is 28.0 Å². The number of thioether (sulfide) groups is 1. The Balaban J connectivity index is 1.40. The molecule has 10 nitrogen and oxygen atoms in total. The predicted octanol–water partition coefficient (Wildman–Crippen LogP) is 7.85. The molecule has 250 valence electrons. The van der Waals surface area contributed by atoms with Gasteiger partial charge in [0.2, 0.25) is 5.13 Å². The second kappa shape index (κ2) is 15.3. The fraction of sp³-hybridized carbons (Fsp3) is 0.314. The highest BCUT2D eigenvalue weighted by Gasteiger charge is 2.48. The average Bonchev–Trinajstić information content (AvgIpc) is 3.68. The lowest BCUT2D eigenvalue weighted by atomic mass is 9.95. The maximum absolute atomic E-state index is 13.8. The lowest BCUT2D eigenvalue weighted by Crippen LogP contribution is -2.29. The number of ketones is 1. The summed E-state index contributed by atoms with van der Waals surface area (Å²) in [6, 6.07) is 16.7. The Morgan fingerprint density at radius 2 is 1.77 bits per heavy atom. The number of ether oxygens (including phenoxy) is 4. The third-order valence-corrected chi connectivity index (χ3v) is 10.1. The van der Waals surface area contributed by atoms with Crippen molar-refractivity contribution in [2.45, 2.75) is 49.2 Å². The number of aliphatic hydroxyl groups excluding tert-OH is 1. The van der Waals surface area contributed by atoms with E-state index in [1.807, 2.05) is 31.2 Å². The minimum absolute atomic E-state index is 0.0960. The number of aliphatic hydroxyl groups is 1. The second-order valence-electron chi connectivity index (χ2n) is 11.0. The number of amides is 1. The third kappa shape index (κ3) is 7.25. The van der Waals surface area contributed by atoms with Crippen molar-refractivity contribution in [3.63, 3.8) is 0 Å². The van der Waals surface area contributed by atoms with Gasteiger partial charge in [0.1, 0.15) is 19.0 Å². The molecule has 0 bridgehead atoms. The number of rotatable bonds is 13. The van der Waals surface area contributed by atoms with Crippen LogP contribution < -0.4 is 23.8 Å². The van der Waals surface area contributed by atoms with Gasteiger partial charge in [0.05, 0.1) is 24.8 Å². The zero-order valence-corrected chi connectivity index (χ0v) is 28.8. The van der Waals surface area contributed by atoms with Crippen LogP contribution in [0.25, 0.3) is 5.76 Å². The molecule has 48 heavy (non-hydrogen) atoms. The number of halogens is 1. The van der Waals surface area contributed by atoms with Crippen molar-refractivity contribution in [1.82, 2.24) is 10.2 Å². The van der Waals surface area contributed by atoms with Crippen LogP contribution in [0.15, 0.2) is 70.6 Å². The molecule has 1 aromatic heterocycles. The molecule has 4 aromatic rings. The van der Waals surface area contributed by atoms with Crippen molar-refractivity contribution in [3.05, 3.63) is 87.9 Å². The van der Waals surface area contributed by atoms with Crippen LogP contribution in [0.2, 0.25) is 5.02 Å². The molecule has 2 aliphatic rings. The summed E-state index contributed by atoms with van der Waals surface area (Å²) in [6.45, 7) is 5.65. The van der Waals surface area contributed by atoms with Crippen molar-refractivity contribution in [1.29, 1.82) is 0 Å². The molecular formula is C35H34ClN3O7S2. The highest BCUT2D eigenvalue weighted by atomic mass is 35.5. The van der Waals surface area contributed by atoms with Crippen LogP contribution >= 0.6 is 34.7 Å². The van der Waals surface area contributed by atoms with E-state index in [2.05, 4.69) is 17.1 Å². The van der Waals surface area contributed by atoms with E-state index in [1.54, 1.807) is 36.4 Å². The average molecular weight is 708 g/mol. The Kier molecular flexibility index (Phi) is 10.7. The SMILES string of the molecule is CCCCCOc1ccc(C2/C(=C(/O)c3ccc4c(c3)OCCO4)C(=O)C(=O)N2c2nnc(SCc3ccc(Cl)cc3)s2)cc1OCC. The maximum atomic E-state index is 13.8. The minimum atomic E-state index is -1.03. The number of carbonyl (C=O) groups is 2. The standard InChI is InChI=1S/C35H34ClN3O7S2/c1-3-5-6-15-44-25-13-9-22(18-27(25)43-4-2)30-29(31(40)23-10-14-26-28(19-23)46-17-16-45-26)32(41)33(42)39(30)34-37-38-35(48-34)47-20-21-7-11-24(36)12-8-21/h7-14,18-19,30,40H,3-6,15-17,20H2,1-2H3/b31-29-. The quantitative estimate of drug-likeness (QED) is 0.0367. The molecule has 1 amide bonds. The van der Waals surface area contributed by atoms with Gasteiger partial charge in [-0.3, -0.25) is 14.5 Å². The molecule has 0 spiro atoms. The fourth-order valence-corrected chi connectivity index (χ4v) is 7.34. The van der Waals surface area contributed by atoms with Gasteiger partial charge in [-0.25, -0.2) is 0 Å². The highest BCUT2D eigenvalue weighted by molar-refractivity contribution is 8.00. The number of aromatic nitrogens is 2. The van der Waals surface area contributed by atoms with E-state index >= 15 is 0 Å². The van der Waals surface area contributed by atoms with Crippen LogP contribution in [0, 0.1) is 0 Å². The topological polar surface area (TPSA) is 120 Å². The largest absolute Gasteiger partial charge is 0.507 e. The number of benzene rings is 3. The van der Waals surface area contributed by atoms with Crippen molar-refractivity contribution in [2.75, 3.05) is 31.3 Å². The van der Waals surface area contributed by atoms with Crippen LogP contribution in [-0.4, -0.2) is 53.4 Å². The van der Waals surface area contributed by atoms with E-state index in [-0.39, 0.29) is 16.5 Å². The second-order valence-corrected chi connectivity index (χ2v) is 13.6. The summed E-state index contributed by atoms with van der Waals surface area (Å²) in [6.07, 6.45) is 3.00. The Bertz CT molecular complexity index is 1830. The van der Waals surface area contributed by atoms with Gasteiger partial charge in [-0.05, 0) is 66.9 Å². The van der Waals surface area contributed by atoms with Gasteiger partial charge in [-0.15, -0.1) is 10.2 Å². The zero-order chi connectivity index (χ0) is 33.6. The maximum Gasteiger partial charge on any atom is 0.301 e. The summed E-state index contributed by atoms with van der Waals surface area (Å²) in [5, 5.41) is 21.2. The van der Waals surface area contributed by atoms with Gasteiger partial charge in [0.15, 0.2) is 27.3 Å². The number of carbonyl (C=O) groups excluding carboxylic acids is 2. The lowest BCUT2D eigenvalue weighted by molar-refractivity contribution is -0.132. The number of nitrogens with zero attached hydrogens (tertiary/aromatic N) is 3.